The number of rotatable bonds is 5. The van der Waals surface area contributed by atoms with E-state index in [1.165, 1.54) is 54.9 Å². The fourth-order valence-corrected chi connectivity index (χ4v) is 6.63. The second-order valence-corrected chi connectivity index (χ2v) is 11.4. The largest absolute Gasteiger partial charge is 0.455 e. The van der Waals surface area contributed by atoms with Crippen molar-refractivity contribution in [1.82, 2.24) is 0 Å². The summed E-state index contributed by atoms with van der Waals surface area (Å²) in [5, 5.41) is 7.29. The van der Waals surface area contributed by atoms with Crippen LogP contribution in [0.3, 0.4) is 0 Å². The summed E-state index contributed by atoms with van der Waals surface area (Å²) >= 11 is 0. The van der Waals surface area contributed by atoms with Gasteiger partial charge < -0.3 is 4.42 Å². The quantitative estimate of drug-likeness (QED) is 0.150. The van der Waals surface area contributed by atoms with Gasteiger partial charge in [-0.25, -0.2) is 0 Å². The van der Waals surface area contributed by atoms with Gasteiger partial charge in [-0.15, -0.1) is 0 Å². The summed E-state index contributed by atoms with van der Waals surface area (Å²) in [6.07, 6.45) is 4.32. The zero-order valence-electron chi connectivity index (χ0n) is 24.5. The van der Waals surface area contributed by atoms with Gasteiger partial charge in [-0.05, 0) is 79.6 Å². The van der Waals surface area contributed by atoms with Gasteiger partial charge in [0.15, 0.2) is 0 Å². The first-order valence-electron chi connectivity index (χ1n) is 15.1. The highest BCUT2D eigenvalue weighted by Gasteiger charge is 2.13. The van der Waals surface area contributed by atoms with Crippen LogP contribution in [-0.2, 0) is 0 Å². The molecule has 0 spiro atoms. The van der Waals surface area contributed by atoms with Crippen molar-refractivity contribution in [1.29, 1.82) is 0 Å². The Labute approximate surface area is 257 Å². The van der Waals surface area contributed by atoms with Crippen molar-refractivity contribution in [2.75, 3.05) is 0 Å². The molecule has 0 atom stereocenters. The van der Waals surface area contributed by atoms with E-state index in [1.807, 2.05) is 18.2 Å². The number of allylic oxidation sites excluding steroid dienone is 1. The minimum atomic E-state index is 0.920. The molecule has 1 heterocycles. The molecule has 8 rings (SSSR count). The molecule has 0 unspecified atom stereocenters. The van der Waals surface area contributed by atoms with Gasteiger partial charge in [0.1, 0.15) is 11.2 Å². The molecule has 7 aromatic carbocycles. The van der Waals surface area contributed by atoms with Gasteiger partial charge >= 0.3 is 0 Å². The van der Waals surface area contributed by atoms with Crippen LogP contribution in [0.1, 0.15) is 23.6 Å². The number of hydrogen-bond donors (Lipinski definition) is 0. The summed E-state index contributed by atoms with van der Waals surface area (Å²) in [5.74, 6) is 0. The summed E-state index contributed by atoms with van der Waals surface area (Å²) in [4.78, 5) is 0. The van der Waals surface area contributed by atoms with Crippen LogP contribution in [0.5, 0.6) is 0 Å². The average Bonchev–Trinajstić information content (AvgIpc) is 3.47. The topological polar surface area (TPSA) is 13.1 Å². The monoisotopic (exact) mass is 562 g/mol. The molecule has 8 aromatic rings. The molecule has 0 saturated heterocycles. The van der Waals surface area contributed by atoms with Crippen molar-refractivity contribution in [3.05, 3.63) is 163 Å². The van der Waals surface area contributed by atoms with E-state index in [0.29, 0.717) is 0 Å². The van der Waals surface area contributed by atoms with Crippen molar-refractivity contribution in [2.45, 2.75) is 6.92 Å². The SMILES string of the molecule is C=Cc1c(/C=C(\C)c2cccc(-c3ccc(-c4cccc5c4oc4ccccc45)cc3)c2)c2ccccc2c2ccccc12. The van der Waals surface area contributed by atoms with E-state index in [1.54, 1.807) is 0 Å². The summed E-state index contributed by atoms with van der Waals surface area (Å²) in [6, 6.07) is 49.6. The zero-order chi connectivity index (χ0) is 29.6. The molecule has 0 N–H and O–H groups in total. The van der Waals surface area contributed by atoms with E-state index in [0.717, 1.165) is 33.1 Å². The molecular formula is C43H30O. The molecule has 208 valence electrons. The second kappa shape index (κ2) is 10.6. The Kier molecular flexibility index (Phi) is 6.24. The molecule has 0 aliphatic heterocycles. The Balaban J connectivity index is 1.18. The third-order valence-electron chi connectivity index (χ3n) is 8.83. The fraction of sp³-hybridized carbons (Fsp3) is 0.0233. The van der Waals surface area contributed by atoms with Crippen LogP contribution in [-0.4, -0.2) is 0 Å². The van der Waals surface area contributed by atoms with Crippen LogP contribution in [0, 0.1) is 0 Å². The lowest BCUT2D eigenvalue weighted by Crippen LogP contribution is -1.90. The normalized spacial score (nSPS) is 12.0. The van der Waals surface area contributed by atoms with Crippen molar-refractivity contribution in [3.8, 4) is 22.3 Å². The first-order valence-corrected chi connectivity index (χ1v) is 15.1. The van der Waals surface area contributed by atoms with E-state index in [2.05, 4.69) is 147 Å². The fourth-order valence-electron chi connectivity index (χ4n) is 6.63. The Morgan fingerprint density at radius 3 is 1.84 bits per heavy atom. The molecule has 44 heavy (non-hydrogen) atoms. The predicted octanol–water partition coefficient (Wildman–Crippen LogP) is 12.4. The molecule has 1 aromatic heterocycles. The van der Waals surface area contributed by atoms with Gasteiger partial charge in [0.05, 0.1) is 0 Å². The molecule has 1 nitrogen and oxygen atoms in total. The number of para-hydroxylation sites is 2. The minimum absolute atomic E-state index is 0.920. The van der Waals surface area contributed by atoms with E-state index >= 15 is 0 Å². The predicted molar refractivity (Wildman–Crippen MR) is 190 cm³/mol. The lowest BCUT2D eigenvalue weighted by atomic mass is 9.89. The summed E-state index contributed by atoms with van der Waals surface area (Å²) in [7, 11) is 0. The second-order valence-electron chi connectivity index (χ2n) is 11.4. The molecular weight excluding hydrogens is 532 g/mol. The molecule has 0 amide bonds. The minimum Gasteiger partial charge on any atom is -0.455 e. The summed E-state index contributed by atoms with van der Waals surface area (Å²) in [6.45, 7) is 6.41. The third kappa shape index (κ3) is 4.25. The van der Waals surface area contributed by atoms with Crippen LogP contribution < -0.4 is 0 Å². The highest BCUT2D eigenvalue weighted by molar-refractivity contribution is 6.15. The van der Waals surface area contributed by atoms with Crippen molar-refractivity contribution in [2.24, 2.45) is 0 Å². The maximum absolute atomic E-state index is 6.30. The number of hydrogen-bond acceptors (Lipinski definition) is 1. The maximum atomic E-state index is 6.30. The summed E-state index contributed by atoms with van der Waals surface area (Å²) < 4.78 is 6.30. The Morgan fingerprint density at radius 2 is 1.11 bits per heavy atom. The first-order chi connectivity index (χ1) is 21.7. The van der Waals surface area contributed by atoms with Gasteiger partial charge in [0.25, 0.3) is 0 Å². The van der Waals surface area contributed by atoms with Crippen molar-refractivity contribution >= 4 is 61.2 Å². The van der Waals surface area contributed by atoms with E-state index in [9.17, 15) is 0 Å². The van der Waals surface area contributed by atoms with Gasteiger partial charge in [0.2, 0.25) is 0 Å². The highest BCUT2D eigenvalue weighted by atomic mass is 16.3. The molecule has 1 heteroatoms. The molecule has 0 bridgehead atoms. The van der Waals surface area contributed by atoms with Crippen LogP contribution >= 0.6 is 0 Å². The van der Waals surface area contributed by atoms with E-state index in [-0.39, 0.29) is 0 Å². The molecule has 0 aliphatic rings. The van der Waals surface area contributed by atoms with E-state index in [4.69, 9.17) is 4.42 Å². The molecule has 0 aliphatic carbocycles. The standard InChI is InChI=1S/C43H30O/c1-3-33-35-14-4-5-15-36(35)37-16-6-7-17-38(37)41(33)26-28(2)31-12-10-13-32(27-31)29-22-24-30(25-23-29)34-19-11-20-40-39-18-8-9-21-42(39)44-43(34)40/h3-27H,1H2,2H3/b28-26+. The van der Waals surface area contributed by atoms with Crippen LogP contribution in [0.15, 0.2) is 151 Å². The lowest BCUT2D eigenvalue weighted by Gasteiger charge is -2.14. The van der Waals surface area contributed by atoms with Crippen LogP contribution in [0.4, 0.5) is 0 Å². The number of benzene rings is 7. The molecule has 0 radical (unpaired) electrons. The molecule has 0 fully saturated rings. The number of fused-ring (bicyclic) bond motifs is 6. The van der Waals surface area contributed by atoms with Gasteiger partial charge in [0, 0.05) is 16.3 Å². The lowest BCUT2D eigenvalue weighted by molar-refractivity contribution is 0.670. The molecule has 0 saturated carbocycles. The van der Waals surface area contributed by atoms with Gasteiger partial charge in [-0.1, -0.05) is 146 Å². The maximum Gasteiger partial charge on any atom is 0.143 e. The smallest absolute Gasteiger partial charge is 0.143 e. The van der Waals surface area contributed by atoms with Gasteiger partial charge in [-0.2, -0.15) is 0 Å². The average molecular weight is 563 g/mol. The Morgan fingerprint density at radius 1 is 0.523 bits per heavy atom. The van der Waals surface area contributed by atoms with Crippen molar-refractivity contribution < 1.29 is 4.42 Å². The Hall–Kier alpha value is -5.66. The third-order valence-corrected chi connectivity index (χ3v) is 8.83. The van der Waals surface area contributed by atoms with Crippen LogP contribution in [0.2, 0.25) is 0 Å². The van der Waals surface area contributed by atoms with Crippen LogP contribution in [0.25, 0.3) is 83.5 Å². The number of furan rings is 1. The first kappa shape index (κ1) is 26.0. The summed E-state index contributed by atoms with van der Waals surface area (Å²) in [5.41, 5.74) is 11.3. The zero-order valence-corrected chi connectivity index (χ0v) is 24.5. The Bertz CT molecular complexity index is 2400. The van der Waals surface area contributed by atoms with Crippen molar-refractivity contribution in [3.63, 3.8) is 0 Å². The van der Waals surface area contributed by atoms with E-state index < -0.39 is 0 Å². The van der Waals surface area contributed by atoms with Gasteiger partial charge in [-0.3, -0.25) is 0 Å². The highest BCUT2D eigenvalue weighted by Crippen LogP contribution is 2.38.